The first kappa shape index (κ1) is 25.1. The van der Waals surface area contributed by atoms with Gasteiger partial charge in [0.2, 0.25) is 0 Å². The molecule has 0 saturated carbocycles. The van der Waals surface area contributed by atoms with Crippen LogP contribution in [0, 0.1) is 13.8 Å². The molecular weight excluding hydrogens is 464 g/mol. The number of benzene rings is 1. The summed E-state index contributed by atoms with van der Waals surface area (Å²) in [5, 5.41) is 5.60. The highest BCUT2D eigenvalue weighted by Crippen LogP contribution is 2.19. The zero-order valence-corrected chi connectivity index (χ0v) is 21.3. The molecule has 0 bridgehead atoms. The molecular formula is C26H32N4O4S. The first-order valence-electron chi connectivity index (χ1n) is 11.9. The Bertz CT molecular complexity index is 1190. The van der Waals surface area contributed by atoms with Gasteiger partial charge >= 0.3 is 0 Å². The predicted octanol–water partition coefficient (Wildman–Crippen LogP) is 3.32. The molecule has 3 heterocycles. The highest BCUT2D eigenvalue weighted by molar-refractivity contribution is 7.09. The van der Waals surface area contributed by atoms with Gasteiger partial charge in [-0.15, -0.1) is 11.3 Å². The Hall–Kier alpha value is -3.01. The molecule has 0 spiro atoms. The van der Waals surface area contributed by atoms with Gasteiger partial charge in [-0.25, -0.2) is 4.98 Å². The van der Waals surface area contributed by atoms with E-state index < -0.39 is 5.91 Å². The summed E-state index contributed by atoms with van der Waals surface area (Å²) >= 11 is 1.47. The fourth-order valence-corrected chi connectivity index (χ4v) is 4.81. The molecule has 0 aliphatic carbocycles. The minimum absolute atomic E-state index is 0.109. The van der Waals surface area contributed by atoms with Crippen LogP contribution in [0.4, 0.5) is 0 Å². The van der Waals surface area contributed by atoms with Crippen molar-refractivity contribution >= 4 is 17.2 Å². The Balaban J connectivity index is 1.64. The molecule has 2 aromatic heterocycles. The predicted molar refractivity (Wildman–Crippen MR) is 136 cm³/mol. The lowest BCUT2D eigenvalue weighted by atomic mass is 10.1. The fraction of sp³-hybridized carbons (Fsp3) is 0.423. The zero-order valence-electron chi connectivity index (χ0n) is 20.5. The van der Waals surface area contributed by atoms with E-state index in [0.717, 1.165) is 49.1 Å². The van der Waals surface area contributed by atoms with Crippen molar-refractivity contribution in [3.05, 3.63) is 79.7 Å². The van der Waals surface area contributed by atoms with Crippen LogP contribution in [0.2, 0.25) is 0 Å². The molecule has 0 radical (unpaired) electrons. The van der Waals surface area contributed by atoms with Crippen molar-refractivity contribution in [1.29, 1.82) is 0 Å². The maximum absolute atomic E-state index is 13.4. The number of amides is 1. The Morgan fingerprint density at radius 2 is 1.94 bits per heavy atom. The van der Waals surface area contributed by atoms with E-state index in [1.54, 1.807) is 6.20 Å². The van der Waals surface area contributed by atoms with Crippen molar-refractivity contribution in [1.82, 2.24) is 19.8 Å². The Morgan fingerprint density at radius 3 is 2.63 bits per heavy atom. The van der Waals surface area contributed by atoms with E-state index in [0.29, 0.717) is 18.0 Å². The molecule has 9 heteroatoms. The van der Waals surface area contributed by atoms with E-state index in [1.165, 1.54) is 17.4 Å². The highest BCUT2D eigenvalue weighted by Gasteiger charge is 2.23. The molecule has 1 fully saturated rings. The Morgan fingerprint density at radius 1 is 1.20 bits per heavy atom. The number of nitrogens with one attached hydrogen (secondary N) is 1. The lowest BCUT2D eigenvalue weighted by molar-refractivity contribution is 0.0361. The largest absolute Gasteiger partial charge is 0.487 e. The van der Waals surface area contributed by atoms with Gasteiger partial charge < -0.3 is 19.4 Å². The van der Waals surface area contributed by atoms with E-state index in [2.05, 4.69) is 15.2 Å². The minimum atomic E-state index is -0.416. The first-order valence-corrected chi connectivity index (χ1v) is 12.7. The monoisotopic (exact) mass is 496 g/mol. The second-order valence-corrected chi connectivity index (χ2v) is 9.67. The smallest absolute Gasteiger partial charge is 0.257 e. The molecule has 186 valence electrons. The van der Waals surface area contributed by atoms with Crippen LogP contribution in [0.25, 0.3) is 0 Å². The molecule has 35 heavy (non-hydrogen) atoms. The van der Waals surface area contributed by atoms with E-state index in [1.807, 2.05) is 55.0 Å². The third-order valence-corrected chi connectivity index (χ3v) is 7.12. The van der Waals surface area contributed by atoms with Crippen molar-refractivity contribution in [2.24, 2.45) is 0 Å². The number of pyridine rings is 1. The third-order valence-electron chi connectivity index (χ3n) is 6.16. The lowest BCUT2D eigenvalue weighted by Crippen LogP contribution is -2.39. The van der Waals surface area contributed by atoms with Gasteiger partial charge in [-0.3, -0.25) is 14.5 Å². The number of hydrogen-bond acceptors (Lipinski definition) is 7. The van der Waals surface area contributed by atoms with Crippen molar-refractivity contribution in [3.8, 4) is 5.75 Å². The standard InChI is InChI=1S/C26H32N4O4S/c1-18-4-6-21(7-5-18)34-17-22-24(25(32)28-20(3)26-27-8-15-35-26)23(31)16-19(2)30(22)10-9-29-11-13-33-14-12-29/h4-8,15-16,20H,9-14,17H2,1-3H3,(H,28,32). The third kappa shape index (κ3) is 6.36. The fourth-order valence-electron chi connectivity index (χ4n) is 4.17. The lowest BCUT2D eigenvalue weighted by Gasteiger charge is -2.28. The van der Waals surface area contributed by atoms with Crippen molar-refractivity contribution in [2.75, 3.05) is 32.8 Å². The molecule has 1 aromatic carbocycles. The summed E-state index contributed by atoms with van der Waals surface area (Å²) in [4.78, 5) is 33.1. The molecule has 4 rings (SSSR count). The van der Waals surface area contributed by atoms with Gasteiger partial charge in [-0.2, -0.15) is 0 Å². The summed E-state index contributed by atoms with van der Waals surface area (Å²) in [5.41, 5.74) is 2.32. The second-order valence-electron chi connectivity index (χ2n) is 8.74. The quantitative estimate of drug-likeness (QED) is 0.489. The highest BCUT2D eigenvalue weighted by atomic mass is 32.1. The average Bonchev–Trinajstić information content (AvgIpc) is 3.39. The average molecular weight is 497 g/mol. The van der Waals surface area contributed by atoms with Crippen LogP contribution in [0.3, 0.4) is 0 Å². The van der Waals surface area contributed by atoms with E-state index >= 15 is 0 Å². The van der Waals surface area contributed by atoms with Crippen LogP contribution in [-0.4, -0.2) is 53.2 Å². The second kappa shape index (κ2) is 11.6. The summed E-state index contributed by atoms with van der Waals surface area (Å²) in [5.74, 6) is 0.270. The number of aromatic nitrogens is 2. The van der Waals surface area contributed by atoms with E-state index in [-0.39, 0.29) is 23.6 Å². The SMILES string of the molecule is Cc1ccc(OCc2c(C(=O)NC(C)c3nccs3)c(=O)cc(C)n2CCN2CCOCC2)cc1. The number of aryl methyl sites for hydroxylation is 2. The molecule has 1 saturated heterocycles. The summed E-state index contributed by atoms with van der Waals surface area (Å²) in [6, 6.07) is 8.96. The van der Waals surface area contributed by atoms with E-state index in [4.69, 9.17) is 9.47 Å². The van der Waals surface area contributed by atoms with Gasteiger partial charge in [0, 0.05) is 49.5 Å². The summed E-state index contributed by atoms with van der Waals surface area (Å²) < 4.78 is 13.6. The van der Waals surface area contributed by atoms with Gasteiger partial charge in [-0.05, 0) is 32.9 Å². The van der Waals surface area contributed by atoms with E-state index in [9.17, 15) is 9.59 Å². The number of nitrogens with zero attached hydrogens (tertiary/aromatic N) is 3. The van der Waals surface area contributed by atoms with Gasteiger partial charge in [-0.1, -0.05) is 17.7 Å². The summed E-state index contributed by atoms with van der Waals surface area (Å²) in [6.07, 6.45) is 1.70. The normalized spacial score (nSPS) is 15.1. The summed E-state index contributed by atoms with van der Waals surface area (Å²) in [7, 11) is 0. The maximum atomic E-state index is 13.4. The Kier molecular flexibility index (Phi) is 8.33. The van der Waals surface area contributed by atoms with Crippen LogP contribution in [-0.2, 0) is 17.9 Å². The molecule has 3 aromatic rings. The number of carbonyl (C=O) groups is 1. The molecule has 1 amide bonds. The van der Waals surface area contributed by atoms with Crippen molar-refractivity contribution in [2.45, 2.75) is 40.0 Å². The first-order chi connectivity index (χ1) is 16.9. The molecule has 8 nitrogen and oxygen atoms in total. The molecule has 1 N–H and O–H groups in total. The van der Waals surface area contributed by atoms with Gasteiger partial charge in [0.1, 0.15) is 22.9 Å². The number of carbonyl (C=O) groups excluding carboxylic acids is 1. The van der Waals surface area contributed by atoms with Gasteiger partial charge in [0.15, 0.2) is 5.43 Å². The number of hydrogen-bond donors (Lipinski definition) is 1. The van der Waals surface area contributed by atoms with Crippen LogP contribution < -0.4 is 15.5 Å². The maximum Gasteiger partial charge on any atom is 0.257 e. The van der Waals surface area contributed by atoms with Crippen molar-refractivity contribution in [3.63, 3.8) is 0 Å². The minimum Gasteiger partial charge on any atom is -0.487 e. The molecule has 1 unspecified atom stereocenters. The molecule has 1 aliphatic heterocycles. The van der Waals surface area contributed by atoms with Crippen LogP contribution in [0.5, 0.6) is 5.75 Å². The van der Waals surface area contributed by atoms with Gasteiger partial charge in [0.25, 0.3) is 5.91 Å². The van der Waals surface area contributed by atoms with Gasteiger partial charge in [0.05, 0.1) is 24.9 Å². The van der Waals surface area contributed by atoms with Crippen LogP contribution >= 0.6 is 11.3 Å². The van der Waals surface area contributed by atoms with Crippen molar-refractivity contribution < 1.29 is 14.3 Å². The summed E-state index contributed by atoms with van der Waals surface area (Å²) in [6.45, 7) is 10.5. The number of ether oxygens (including phenoxy) is 2. The molecule has 1 aliphatic rings. The topological polar surface area (TPSA) is 85.7 Å². The van der Waals surface area contributed by atoms with Crippen LogP contribution in [0.1, 0.15) is 45.3 Å². The number of thiazole rings is 1. The Labute approximate surface area is 209 Å². The number of morpholine rings is 1. The number of rotatable bonds is 9. The zero-order chi connectivity index (χ0) is 24.8. The molecule has 1 atom stereocenters. The van der Waals surface area contributed by atoms with Crippen LogP contribution in [0.15, 0.2) is 46.7 Å².